The maximum absolute atomic E-state index is 14.2. The zero-order chi connectivity index (χ0) is 35.2. The van der Waals surface area contributed by atoms with Crippen molar-refractivity contribution in [2.75, 3.05) is 0 Å². The second-order valence-corrected chi connectivity index (χ2v) is 16.2. The lowest BCUT2D eigenvalue weighted by atomic mass is 9.90. The van der Waals surface area contributed by atoms with Gasteiger partial charge in [0.1, 0.15) is 18.7 Å². The lowest BCUT2D eigenvalue weighted by Crippen LogP contribution is -2.55. The van der Waals surface area contributed by atoms with E-state index in [1.54, 1.807) is 0 Å². The molecular formula is C40H46NO7P. The molecule has 1 aliphatic rings. The third-order valence-corrected chi connectivity index (χ3v) is 10.2. The predicted molar refractivity (Wildman–Crippen MR) is 190 cm³/mol. The minimum absolute atomic E-state index is 0.0531. The average molecular weight is 684 g/mol. The molecule has 1 saturated heterocycles. The van der Waals surface area contributed by atoms with Gasteiger partial charge >= 0.3 is 19.7 Å². The summed E-state index contributed by atoms with van der Waals surface area (Å²) >= 11 is 0. The van der Waals surface area contributed by atoms with E-state index in [4.69, 9.17) is 18.5 Å². The van der Waals surface area contributed by atoms with Crippen LogP contribution in [0.2, 0.25) is 0 Å². The maximum Gasteiger partial charge on any atom is 0.411 e. The van der Waals surface area contributed by atoms with Crippen LogP contribution >= 0.6 is 7.60 Å². The average Bonchev–Trinajstić information content (AvgIpc) is 3.04. The van der Waals surface area contributed by atoms with Crippen LogP contribution in [0.15, 0.2) is 115 Å². The van der Waals surface area contributed by atoms with E-state index in [1.807, 2.05) is 157 Å². The smallest absolute Gasteiger partial charge is 0.411 e. The number of amides is 1. The van der Waals surface area contributed by atoms with Crippen molar-refractivity contribution in [3.63, 3.8) is 0 Å². The molecule has 9 heteroatoms. The summed E-state index contributed by atoms with van der Waals surface area (Å²) in [6.07, 6.45) is -1.10. The summed E-state index contributed by atoms with van der Waals surface area (Å²) in [5.74, 6) is -0.525. The second-order valence-electron chi connectivity index (χ2n) is 14.3. The monoisotopic (exact) mass is 683 g/mol. The first-order chi connectivity index (χ1) is 23.2. The molecular weight excluding hydrogens is 637 g/mol. The van der Waals surface area contributed by atoms with Crippen LogP contribution in [0.4, 0.5) is 4.79 Å². The van der Waals surface area contributed by atoms with Gasteiger partial charge in [-0.05, 0) is 69.4 Å². The topological polar surface area (TPSA) is 91.4 Å². The summed E-state index contributed by atoms with van der Waals surface area (Å²) in [4.78, 5) is 29.6. The Balaban J connectivity index is 1.47. The summed E-state index contributed by atoms with van der Waals surface area (Å²) in [7, 11) is -3.52. The molecule has 49 heavy (non-hydrogen) atoms. The maximum atomic E-state index is 14.2. The first kappa shape index (κ1) is 36.1. The predicted octanol–water partition coefficient (Wildman–Crippen LogP) is 9.60. The molecule has 0 unspecified atom stereocenters. The number of hydrogen-bond acceptors (Lipinski definition) is 7. The van der Waals surface area contributed by atoms with Gasteiger partial charge in [-0.15, -0.1) is 0 Å². The number of carbonyl (C=O) groups is 2. The van der Waals surface area contributed by atoms with Gasteiger partial charge in [-0.25, -0.2) is 9.59 Å². The Morgan fingerprint density at radius 2 is 1.18 bits per heavy atom. The second kappa shape index (κ2) is 15.1. The minimum atomic E-state index is -3.52. The van der Waals surface area contributed by atoms with Gasteiger partial charge in [-0.2, -0.15) is 0 Å². The van der Waals surface area contributed by atoms with Crippen LogP contribution in [-0.4, -0.2) is 34.2 Å². The summed E-state index contributed by atoms with van der Waals surface area (Å²) < 4.78 is 37.9. The molecule has 8 nitrogen and oxygen atoms in total. The van der Waals surface area contributed by atoms with E-state index < -0.39 is 49.0 Å². The van der Waals surface area contributed by atoms with Gasteiger partial charge in [0.25, 0.3) is 0 Å². The van der Waals surface area contributed by atoms with Crippen LogP contribution in [0.1, 0.15) is 81.5 Å². The Morgan fingerprint density at radius 1 is 0.694 bits per heavy atom. The van der Waals surface area contributed by atoms with Crippen molar-refractivity contribution in [2.45, 2.75) is 90.1 Å². The van der Waals surface area contributed by atoms with Crippen molar-refractivity contribution in [1.29, 1.82) is 0 Å². The third-order valence-electron chi connectivity index (χ3n) is 7.78. The van der Waals surface area contributed by atoms with Gasteiger partial charge in [0.05, 0.1) is 17.4 Å². The number of nitrogens with zero attached hydrogens (tertiary/aromatic N) is 1. The van der Waals surface area contributed by atoms with Gasteiger partial charge in [-0.3, -0.25) is 9.46 Å². The Bertz CT molecular complexity index is 1710. The van der Waals surface area contributed by atoms with Crippen LogP contribution in [0, 0.1) is 0 Å². The summed E-state index contributed by atoms with van der Waals surface area (Å²) in [6.45, 7) is 11.1. The largest absolute Gasteiger partial charge is 0.453 e. The quantitative estimate of drug-likeness (QED) is 0.121. The Kier molecular flexibility index (Phi) is 11.1. The molecule has 0 radical (unpaired) electrons. The number of carbonyl (C=O) groups excluding carboxylic acids is 2. The van der Waals surface area contributed by atoms with Crippen LogP contribution < -0.4 is 0 Å². The van der Waals surface area contributed by atoms with E-state index in [9.17, 15) is 14.2 Å². The highest BCUT2D eigenvalue weighted by molar-refractivity contribution is 7.53. The molecule has 1 amide bonds. The molecule has 0 aromatic heterocycles. The zero-order valence-electron chi connectivity index (χ0n) is 29.1. The van der Waals surface area contributed by atoms with Crippen LogP contribution in [0.5, 0.6) is 0 Å². The van der Waals surface area contributed by atoms with Gasteiger partial charge < -0.3 is 18.5 Å². The lowest BCUT2D eigenvalue weighted by molar-refractivity contribution is -0.173. The number of esters is 1. The Morgan fingerprint density at radius 3 is 1.71 bits per heavy atom. The number of benzene rings is 4. The molecule has 0 bridgehead atoms. The van der Waals surface area contributed by atoms with Crippen molar-refractivity contribution in [2.24, 2.45) is 0 Å². The zero-order valence-corrected chi connectivity index (χ0v) is 30.0. The number of hydrogen-bond donors (Lipinski definition) is 0. The molecule has 0 spiro atoms. The third kappa shape index (κ3) is 9.91. The molecule has 4 aromatic carbocycles. The molecule has 258 valence electrons. The van der Waals surface area contributed by atoms with Gasteiger partial charge in [0.15, 0.2) is 6.10 Å². The molecule has 1 aliphatic heterocycles. The van der Waals surface area contributed by atoms with Crippen molar-refractivity contribution >= 4 is 19.7 Å². The summed E-state index contributed by atoms with van der Waals surface area (Å²) in [6, 6.07) is 34.3. The van der Waals surface area contributed by atoms with E-state index >= 15 is 0 Å². The number of ether oxygens (including phenoxy) is 2. The lowest BCUT2D eigenvalue weighted by Gasteiger charge is -2.44. The normalized spacial score (nSPS) is 18.5. The van der Waals surface area contributed by atoms with Crippen LogP contribution in [0.3, 0.4) is 0 Å². The standard InChI is InChI=1S/C40H46NO7P/c1-39(2,3)47-49(44,48-40(4,5)6)28-31-24-22-29(23-25-31)26-34-37(42)46-36(33-20-14-9-15-21-33)35(32-18-12-8-13-19-32)41(34)38(43)45-27-30-16-10-7-11-17-30/h7-25,34-36H,26-28H2,1-6H3/t34-,35-,36+/m0/s1. The number of rotatable bonds is 10. The molecule has 0 aliphatic carbocycles. The van der Waals surface area contributed by atoms with Gasteiger partial charge in [0.2, 0.25) is 0 Å². The van der Waals surface area contributed by atoms with Gasteiger partial charge in [0, 0.05) is 6.42 Å². The van der Waals surface area contributed by atoms with Crippen molar-refractivity contribution in [3.05, 3.63) is 143 Å². The van der Waals surface area contributed by atoms with Crippen LogP contribution in [0.25, 0.3) is 0 Å². The Hall–Kier alpha value is -4.23. The molecule has 1 fully saturated rings. The van der Waals surface area contributed by atoms with Gasteiger partial charge in [-0.1, -0.05) is 115 Å². The fraction of sp³-hybridized carbons (Fsp3) is 0.350. The molecule has 4 aromatic rings. The van der Waals surface area contributed by atoms with Crippen molar-refractivity contribution in [1.82, 2.24) is 4.90 Å². The van der Waals surface area contributed by atoms with Crippen LogP contribution in [-0.2, 0) is 47.1 Å². The fourth-order valence-electron chi connectivity index (χ4n) is 5.96. The van der Waals surface area contributed by atoms with E-state index in [1.165, 1.54) is 4.90 Å². The Labute approximate surface area is 289 Å². The highest BCUT2D eigenvalue weighted by Crippen LogP contribution is 2.57. The highest BCUT2D eigenvalue weighted by atomic mass is 31.2. The molecule has 5 rings (SSSR count). The molecule has 0 N–H and O–H groups in total. The molecule has 0 saturated carbocycles. The number of morpholine rings is 1. The van der Waals surface area contributed by atoms with E-state index in [2.05, 4.69) is 0 Å². The van der Waals surface area contributed by atoms with E-state index in [0.717, 1.165) is 27.8 Å². The first-order valence-corrected chi connectivity index (χ1v) is 18.3. The van der Waals surface area contributed by atoms with Crippen molar-refractivity contribution in [3.8, 4) is 0 Å². The fourth-order valence-corrected chi connectivity index (χ4v) is 8.46. The summed E-state index contributed by atoms with van der Waals surface area (Å²) in [5, 5.41) is 0. The number of cyclic esters (lactones) is 1. The SMILES string of the molecule is CC(C)(C)OP(=O)(Cc1ccc(C[C@H]2C(=O)O[C@H](c3ccccc3)[C@H](c3ccccc3)N2C(=O)OCc2ccccc2)cc1)OC(C)(C)C. The minimum Gasteiger partial charge on any atom is -0.453 e. The van der Waals surface area contributed by atoms with E-state index in [-0.39, 0.29) is 19.2 Å². The molecule has 3 atom stereocenters. The van der Waals surface area contributed by atoms with E-state index in [0.29, 0.717) is 0 Å². The first-order valence-electron chi connectivity index (χ1n) is 16.6. The molecule has 1 heterocycles. The summed E-state index contributed by atoms with van der Waals surface area (Å²) in [5.41, 5.74) is 2.63. The van der Waals surface area contributed by atoms with Crippen molar-refractivity contribution < 1.29 is 32.7 Å². The highest BCUT2D eigenvalue weighted by Gasteiger charge is 2.48.